The van der Waals surface area contributed by atoms with Crippen molar-refractivity contribution < 1.29 is 0 Å². The lowest BCUT2D eigenvalue weighted by molar-refractivity contribution is 0.992. The van der Waals surface area contributed by atoms with Crippen LogP contribution in [-0.4, -0.2) is 14.5 Å². The van der Waals surface area contributed by atoms with E-state index in [1.807, 2.05) is 12.1 Å². The van der Waals surface area contributed by atoms with Crippen molar-refractivity contribution >= 4 is 22.6 Å². The topological polar surface area (TPSA) is 47.8 Å². The molecule has 88 valence electrons. The van der Waals surface area contributed by atoms with Crippen molar-refractivity contribution in [2.45, 2.75) is 0 Å². The predicted octanol–water partition coefficient (Wildman–Crippen LogP) is 2.43. The van der Waals surface area contributed by atoms with Crippen LogP contribution in [-0.2, 0) is 0 Å². The average molecular weight is 258 g/mol. The minimum atomic E-state index is -0.281. The summed E-state index contributed by atoms with van der Waals surface area (Å²) in [5.74, 6) is 0. The second kappa shape index (κ2) is 4.23. The van der Waals surface area contributed by atoms with E-state index in [-0.39, 0.29) is 5.56 Å². The van der Waals surface area contributed by atoms with Gasteiger partial charge in [0.15, 0.2) is 5.65 Å². The Morgan fingerprint density at radius 3 is 2.83 bits per heavy atom. The normalized spacial score (nSPS) is 10.7. The van der Waals surface area contributed by atoms with Crippen LogP contribution in [0.25, 0.3) is 16.7 Å². The summed E-state index contributed by atoms with van der Waals surface area (Å²) < 4.78 is 1.74. The lowest BCUT2D eigenvalue weighted by Gasteiger charge is -2.08. The number of hydrogen-bond acceptors (Lipinski definition) is 3. The van der Waals surface area contributed by atoms with E-state index in [0.717, 1.165) is 5.69 Å². The molecule has 0 N–H and O–H groups in total. The number of aromatic nitrogens is 3. The molecule has 2 heterocycles. The quantitative estimate of drug-likeness (QED) is 0.673. The molecule has 2 aromatic heterocycles. The van der Waals surface area contributed by atoms with Crippen LogP contribution in [0.15, 0.2) is 53.7 Å². The third kappa shape index (κ3) is 1.76. The van der Waals surface area contributed by atoms with Crippen LogP contribution in [0.3, 0.4) is 0 Å². The number of fused-ring (bicyclic) bond motifs is 1. The van der Waals surface area contributed by atoms with Gasteiger partial charge in [0.25, 0.3) is 5.56 Å². The molecule has 0 atom stereocenters. The van der Waals surface area contributed by atoms with E-state index in [0.29, 0.717) is 16.1 Å². The Bertz CT molecular complexity index is 782. The van der Waals surface area contributed by atoms with Gasteiger partial charge in [-0.2, -0.15) is 4.98 Å². The van der Waals surface area contributed by atoms with Crippen LogP contribution < -0.4 is 5.56 Å². The first-order chi connectivity index (χ1) is 8.75. The van der Waals surface area contributed by atoms with Crippen molar-refractivity contribution in [2.24, 2.45) is 0 Å². The van der Waals surface area contributed by atoms with Crippen molar-refractivity contribution in [3.05, 3.63) is 64.3 Å². The number of halogens is 1. The van der Waals surface area contributed by atoms with Crippen molar-refractivity contribution in [2.75, 3.05) is 0 Å². The maximum Gasteiger partial charge on any atom is 0.282 e. The summed E-state index contributed by atoms with van der Waals surface area (Å²) in [6, 6.07) is 10.7. The summed E-state index contributed by atoms with van der Waals surface area (Å²) >= 11 is 5.96. The first-order valence-corrected chi connectivity index (χ1v) is 5.72. The molecule has 3 rings (SSSR count). The molecule has 0 aliphatic heterocycles. The summed E-state index contributed by atoms with van der Waals surface area (Å²) in [4.78, 5) is 19.7. The van der Waals surface area contributed by atoms with E-state index >= 15 is 0 Å². The summed E-state index contributed by atoms with van der Waals surface area (Å²) in [6.45, 7) is 0. The van der Waals surface area contributed by atoms with Crippen LogP contribution >= 0.6 is 11.6 Å². The predicted molar refractivity (Wildman–Crippen MR) is 70.1 cm³/mol. The van der Waals surface area contributed by atoms with Gasteiger partial charge in [0, 0.05) is 11.2 Å². The summed E-state index contributed by atoms with van der Waals surface area (Å²) in [7, 11) is 0. The largest absolute Gasteiger partial charge is 0.284 e. The number of hydrogen-bond donors (Lipinski definition) is 0. The zero-order valence-electron chi connectivity index (χ0n) is 9.25. The monoisotopic (exact) mass is 257 g/mol. The summed E-state index contributed by atoms with van der Waals surface area (Å²) in [5.41, 5.74) is 1.11. The SMILES string of the molecule is O=c1ncn(-c2cccc(Cl)c2)c2ncccc12. The van der Waals surface area contributed by atoms with Gasteiger partial charge < -0.3 is 0 Å². The van der Waals surface area contributed by atoms with Gasteiger partial charge in [-0.15, -0.1) is 0 Å². The van der Waals surface area contributed by atoms with Crippen molar-refractivity contribution in [1.29, 1.82) is 0 Å². The molecule has 0 radical (unpaired) electrons. The van der Waals surface area contributed by atoms with Crippen LogP contribution in [0.4, 0.5) is 0 Å². The Morgan fingerprint density at radius 2 is 2.00 bits per heavy atom. The second-order valence-corrected chi connectivity index (χ2v) is 4.21. The fourth-order valence-corrected chi connectivity index (χ4v) is 1.99. The fourth-order valence-electron chi connectivity index (χ4n) is 1.81. The van der Waals surface area contributed by atoms with Gasteiger partial charge >= 0.3 is 0 Å². The molecular weight excluding hydrogens is 250 g/mol. The van der Waals surface area contributed by atoms with E-state index in [9.17, 15) is 4.79 Å². The molecule has 1 aromatic carbocycles. The van der Waals surface area contributed by atoms with E-state index in [2.05, 4.69) is 9.97 Å². The molecule has 0 spiro atoms. The zero-order chi connectivity index (χ0) is 12.5. The fraction of sp³-hybridized carbons (Fsp3) is 0. The van der Waals surface area contributed by atoms with Gasteiger partial charge in [-0.1, -0.05) is 17.7 Å². The Labute approximate surface area is 108 Å². The first kappa shape index (κ1) is 10.9. The highest BCUT2D eigenvalue weighted by atomic mass is 35.5. The van der Waals surface area contributed by atoms with E-state index in [4.69, 9.17) is 11.6 Å². The van der Waals surface area contributed by atoms with Gasteiger partial charge in [-0.3, -0.25) is 9.36 Å². The van der Waals surface area contributed by atoms with Gasteiger partial charge in [0.2, 0.25) is 0 Å². The van der Waals surface area contributed by atoms with Gasteiger partial charge in [0.1, 0.15) is 6.33 Å². The average Bonchev–Trinajstić information content (AvgIpc) is 2.39. The molecule has 0 aliphatic rings. The summed E-state index contributed by atoms with van der Waals surface area (Å²) in [6.07, 6.45) is 3.10. The van der Waals surface area contributed by atoms with E-state index in [1.165, 1.54) is 6.33 Å². The van der Waals surface area contributed by atoms with Gasteiger partial charge in [0.05, 0.1) is 11.1 Å². The third-order valence-corrected chi connectivity index (χ3v) is 2.86. The van der Waals surface area contributed by atoms with E-state index < -0.39 is 0 Å². The molecule has 0 saturated heterocycles. The first-order valence-electron chi connectivity index (χ1n) is 5.34. The van der Waals surface area contributed by atoms with Crippen LogP contribution in [0.1, 0.15) is 0 Å². The Balaban J connectivity index is 2.37. The molecule has 0 fully saturated rings. The minimum Gasteiger partial charge on any atom is -0.284 e. The van der Waals surface area contributed by atoms with Crippen LogP contribution in [0.5, 0.6) is 0 Å². The smallest absolute Gasteiger partial charge is 0.282 e. The number of nitrogens with zero attached hydrogens (tertiary/aromatic N) is 3. The highest BCUT2D eigenvalue weighted by Gasteiger charge is 2.06. The minimum absolute atomic E-state index is 0.281. The highest BCUT2D eigenvalue weighted by molar-refractivity contribution is 6.30. The molecule has 0 saturated carbocycles. The van der Waals surface area contributed by atoms with Crippen molar-refractivity contribution in [1.82, 2.24) is 14.5 Å². The van der Waals surface area contributed by atoms with Crippen molar-refractivity contribution in [3.63, 3.8) is 0 Å². The molecule has 3 aromatic rings. The molecule has 0 amide bonds. The Hall–Kier alpha value is -2.20. The highest BCUT2D eigenvalue weighted by Crippen LogP contribution is 2.17. The maximum absolute atomic E-state index is 11.6. The number of rotatable bonds is 1. The van der Waals surface area contributed by atoms with Crippen molar-refractivity contribution in [3.8, 4) is 5.69 Å². The van der Waals surface area contributed by atoms with Gasteiger partial charge in [-0.05, 0) is 30.3 Å². The second-order valence-electron chi connectivity index (χ2n) is 3.77. The molecule has 5 heteroatoms. The van der Waals surface area contributed by atoms with Gasteiger partial charge in [-0.25, -0.2) is 4.98 Å². The molecule has 18 heavy (non-hydrogen) atoms. The zero-order valence-corrected chi connectivity index (χ0v) is 10.0. The Morgan fingerprint density at radius 1 is 1.11 bits per heavy atom. The molecule has 0 unspecified atom stereocenters. The van der Waals surface area contributed by atoms with Crippen LogP contribution in [0.2, 0.25) is 5.02 Å². The maximum atomic E-state index is 11.6. The molecular formula is C13H8ClN3O. The third-order valence-electron chi connectivity index (χ3n) is 2.62. The molecule has 0 bridgehead atoms. The number of pyridine rings is 1. The van der Waals surface area contributed by atoms with E-state index in [1.54, 1.807) is 35.0 Å². The van der Waals surface area contributed by atoms with Crippen LogP contribution in [0, 0.1) is 0 Å². The molecule has 4 nitrogen and oxygen atoms in total. The molecule has 0 aliphatic carbocycles. The number of benzene rings is 1. The summed E-state index contributed by atoms with van der Waals surface area (Å²) in [5, 5.41) is 1.11. The lowest BCUT2D eigenvalue weighted by atomic mass is 10.3. The Kier molecular flexibility index (Phi) is 2.57. The standard InChI is InChI=1S/C13H8ClN3O/c14-9-3-1-4-10(7-9)17-8-16-13(18)11-5-2-6-15-12(11)17/h1-8H. The lowest BCUT2D eigenvalue weighted by Crippen LogP contribution is -2.12.